The van der Waals surface area contributed by atoms with Crippen molar-refractivity contribution in [3.05, 3.63) is 53.6 Å². The second-order valence-electron chi connectivity index (χ2n) is 8.58. The minimum absolute atomic E-state index is 0.0329. The Morgan fingerprint density at radius 3 is 2.63 bits per heavy atom. The molecule has 0 bridgehead atoms. The number of methoxy groups -OCH3 is 2. The number of carbonyl (C=O) groups is 1. The number of nitrogens with two attached hydrogens (primary N) is 1. The standard InChI is InChI=1S/C26H29N5O4/c1-33-20-10-9-16(14-21(20)34-2)11-12-31-24(27)22(26(32)28-15-17-6-5-13-35-17)23-25(31)30-19-8-4-3-7-18(19)29-23/h3-4,7-10,14,17H,5-6,11-13,15,27H2,1-2H3,(H,28,32)/t17-/m0/s1. The maximum absolute atomic E-state index is 13.3. The molecule has 0 saturated carbocycles. The number of nitrogens with one attached hydrogen (secondary N) is 1. The van der Waals surface area contributed by atoms with Gasteiger partial charge in [0.05, 0.1) is 31.4 Å². The Bertz CT molecular complexity index is 1380. The van der Waals surface area contributed by atoms with E-state index in [2.05, 4.69) is 5.32 Å². The number of benzene rings is 2. The monoisotopic (exact) mass is 475 g/mol. The smallest absolute Gasteiger partial charge is 0.257 e. The summed E-state index contributed by atoms with van der Waals surface area (Å²) in [6, 6.07) is 13.4. The molecule has 0 unspecified atom stereocenters. The Morgan fingerprint density at radius 2 is 1.91 bits per heavy atom. The molecule has 1 aliphatic rings. The summed E-state index contributed by atoms with van der Waals surface area (Å²) in [6.45, 7) is 1.69. The summed E-state index contributed by atoms with van der Waals surface area (Å²) < 4.78 is 18.3. The van der Waals surface area contributed by atoms with Gasteiger partial charge in [-0.25, -0.2) is 9.97 Å². The summed E-state index contributed by atoms with van der Waals surface area (Å²) in [4.78, 5) is 22.9. The van der Waals surface area contributed by atoms with E-state index in [1.54, 1.807) is 14.2 Å². The average Bonchev–Trinajstić information content (AvgIpc) is 3.50. The number of ether oxygens (including phenoxy) is 3. The molecule has 1 fully saturated rings. The fourth-order valence-corrected chi connectivity index (χ4v) is 4.54. The third kappa shape index (κ3) is 4.46. The summed E-state index contributed by atoms with van der Waals surface area (Å²) >= 11 is 0. The number of carbonyl (C=O) groups excluding carboxylic acids is 1. The molecule has 3 heterocycles. The Morgan fingerprint density at radius 1 is 1.14 bits per heavy atom. The number of aryl methyl sites for hydroxylation is 2. The first kappa shape index (κ1) is 22.9. The number of anilines is 1. The Hall–Kier alpha value is -3.85. The molecule has 4 aromatic rings. The molecule has 1 aliphatic heterocycles. The fourth-order valence-electron chi connectivity index (χ4n) is 4.54. The number of rotatable bonds is 8. The van der Waals surface area contributed by atoms with Gasteiger partial charge in [-0.2, -0.15) is 0 Å². The van der Waals surface area contributed by atoms with Crippen LogP contribution in [0.2, 0.25) is 0 Å². The lowest BCUT2D eigenvalue weighted by atomic mass is 10.1. The van der Waals surface area contributed by atoms with E-state index in [-0.39, 0.29) is 12.0 Å². The summed E-state index contributed by atoms with van der Waals surface area (Å²) in [7, 11) is 3.22. The molecule has 1 amide bonds. The van der Waals surface area contributed by atoms with Gasteiger partial charge in [0.25, 0.3) is 5.91 Å². The van der Waals surface area contributed by atoms with Crippen LogP contribution in [0.4, 0.5) is 5.82 Å². The SMILES string of the molecule is COc1ccc(CCn2c(N)c(C(=O)NC[C@@H]3CCCO3)c3nc4ccccc4nc32)cc1OC. The molecule has 0 radical (unpaired) electrons. The Balaban J connectivity index is 1.50. The molecular weight excluding hydrogens is 446 g/mol. The van der Waals surface area contributed by atoms with Crippen LogP contribution in [0.15, 0.2) is 42.5 Å². The lowest BCUT2D eigenvalue weighted by molar-refractivity contribution is 0.0859. The third-order valence-corrected chi connectivity index (χ3v) is 6.40. The highest BCUT2D eigenvalue weighted by atomic mass is 16.5. The van der Waals surface area contributed by atoms with Crippen LogP contribution >= 0.6 is 0 Å². The van der Waals surface area contributed by atoms with E-state index < -0.39 is 0 Å². The molecular formula is C26H29N5O4. The van der Waals surface area contributed by atoms with Gasteiger partial charge >= 0.3 is 0 Å². The largest absolute Gasteiger partial charge is 0.493 e. The zero-order chi connectivity index (χ0) is 24.4. The zero-order valence-electron chi connectivity index (χ0n) is 19.9. The number of nitrogens with zero attached hydrogens (tertiary/aromatic N) is 3. The van der Waals surface area contributed by atoms with Crippen molar-refractivity contribution >= 4 is 33.9 Å². The number of hydrogen-bond acceptors (Lipinski definition) is 7. The van der Waals surface area contributed by atoms with Crippen molar-refractivity contribution < 1.29 is 19.0 Å². The minimum Gasteiger partial charge on any atom is -0.493 e. The number of aromatic nitrogens is 3. The lowest BCUT2D eigenvalue weighted by Crippen LogP contribution is -2.32. The van der Waals surface area contributed by atoms with Gasteiger partial charge in [-0.05, 0) is 49.1 Å². The van der Waals surface area contributed by atoms with E-state index in [1.807, 2.05) is 47.0 Å². The first-order valence-corrected chi connectivity index (χ1v) is 11.7. The zero-order valence-corrected chi connectivity index (χ0v) is 19.9. The number of nitrogen functional groups attached to an aromatic ring is 1. The second kappa shape index (κ2) is 9.79. The molecule has 3 N–H and O–H groups in total. The number of hydrogen-bond donors (Lipinski definition) is 2. The molecule has 182 valence electrons. The van der Waals surface area contributed by atoms with Gasteiger partial charge in [0.2, 0.25) is 0 Å². The number of para-hydroxylation sites is 2. The van der Waals surface area contributed by atoms with E-state index in [9.17, 15) is 4.79 Å². The first-order chi connectivity index (χ1) is 17.1. The summed E-state index contributed by atoms with van der Waals surface area (Å²) in [5.41, 5.74) is 10.5. The van der Waals surface area contributed by atoms with Crippen LogP contribution in [0.25, 0.3) is 22.2 Å². The van der Waals surface area contributed by atoms with Gasteiger partial charge in [-0.3, -0.25) is 4.79 Å². The van der Waals surface area contributed by atoms with Gasteiger partial charge < -0.3 is 29.8 Å². The summed E-state index contributed by atoms with van der Waals surface area (Å²) in [5, 5.41) is 2.98. The topological polar surface area (TPSA) is 114 Å². The predicted octanol–water partition coefficient (Wildman–Crippen LogP) is 3.34. The van der Waals surface area contributed by atoms with Crippen LogP contribution in [0, 0.1) is 0 Å². The van der Waals surface area contributed by atoms with Crippen LogP contribution < -0.4 is 20.5 Å². The van der Waals surface area contributed by atoms with Crippen molar-refractivity contribution in [3.63, 3.8) is 0 Å². The van der Waals surface area contributed by atoms with Crippen molar-refractivity contribution in [1.29, 1.82) is 0 Å². The molecule has 2 aromatic heterocycles. The second-order valence-corrected chi connectivity index (χ2v) is 8.58. The molecule has 0 aliphatic carbocycles. The first-order valence-electron chi connectivity index (χ1n) is 11.7. The number of fused-ring (bicyclic) bond motifs is 2. The van der Waals surface area contributed by atoms with Crippen LogP contribution in [-0.4, -0.2) is 53.9 Å². The average molecular weight is 476 g/mol. The highest BCUT2D eigenvalue weighted by Crippen LogP contribution is 2.30. The van der Waals surface area contributed by atoms with E-state index in [1.165, 1.54) is 0 Å². The molecule has 9 heteroatoms. The van der Waals surface area contributed by atoms with Gasteiger partial charge in [0.15, 0.2) is 17.1 Å². The Kier molecular flexibility index (Phi) is 6.41. The quantitative estimate of drug-likeness (QED) is 0.402. The fraction of sp³-hybridized carbons (Fsp3) is 0.346. The lowest BCUT2D eigenvalue weighted by Gasteiger charge is -2.12. The van der Waals surface area contributed by atoms with Gasteiger partial charge in [0.1, 0.15) is 16.9 Å². The summed E-state index contributed by atoms with van der Waals surface area (Å²) in [6.07, 6.45) is 2.63. The molecule has 35 heavy (non-hydrogen) atoms. The Labute approximate surface area is 203 Å². The van der Waals surface area contributed by atoms with E-state index in [0.29, 0.717) is 59.1 Å². The van der Waals surface area contributed by atoms with Crippen LogP contribution in [-0.2, 0) is 17.7 Å². The van der Waals surface area contributed by atoms with Crippen molar-refractivity contribution in [3.8, 4) is 11.5 Å². The van der Waals surface area contributed by atoms with Gasteiger partial charge in [-0.15, -0.1) is 0 Å². The molecule has 9 nitrogen and oxygen atoms in total. The van der Waals surface area contributed by atoms with Crippen molar-refractivity contribution in [2.45, 2.75) is 31.9 Å². The van der Waals surface area contributed by atoms with Crippen LogP contribution in [0.5, 0.6) is 11.5 Å². The molecule has 1 saturated heterocycles. The molecule has 0 spiro atoms. The summed E-state index contributed by atoms with van der Waals surface area (Å²) in [5.74, 6) is 1.41. The molecule has 2 aromatic carbocycles. The highest BCUT2D eigenvalue weighted by Gasteiger charge is 2.25. The maximum atomic E-state index is 13.3. The molecule has 1 atom stereocenters. The van der Waals surface area contributed by atoms with Crippen molar-refractivity contribution in [2.24, 2.45) is 0 Å². The van der Waals surface area contributed by atoms with Crippen LogP contribution in [0.1, 0.15) is 28.8 Å². The van der Waals surface area contributed by atoms with Crippen LogP contribution in [0.3, 0.4) is 0 Å². The van der Waals surface area contributed by atoms with Gasteiger partial charge in [-0.1, -0.05) is 18.2 Å². The minimum atomic E-state index is -0.266. The predicted molar refractivity (Wildman–Crippen MR) is 134 cm³/mol. The number of amides is 1. The maximum Gasteiger partial charge on any atom is 0.257 e. The van der Waals surface area contributed by atoms with E-state index >= 15 is 0 Å². The van der Waals surface area contributed by atoms with Crippen molar-refractivity contribution in [2.75, 3.05) is 33.1 Å². The normalized spacial score (nSPS) is 15.5. The molecule has 5 rings (SSSR count). The van der Waals surface area contributed by atoms with Gasteiger partial charge in [0, 0.05) is 19.7 Å². The third-order valence-electron chi connectivity index (χ3n) is 6.40. The van der Waals surface area contributed by atoms with E-state index in [4.69, 9.17) is 29.9 Å². The van der Waals surface area contributed by atoms with E-state index in [0.717, 1.165) is 30.5 Å². The highest BCUT2D eigenvalue weighted by molar-refractivity contribution is 6.10. The van der Waals surface area contributed by atoms with Crippen molar-refractivity contribution in [1.82, 2.24) is 19.9 Å².